The van der Waals surface area contributed by atoms with Gasteiger partial charge in [0.05, 0.1) is 6.61 Å². The highest BCUT2D eigenvalue weighted by molar-refractivity contribution is 5.36. The summed E-state index contributed by atoms with van der Waals surface area (Å²) >= 11 is 0. The molecule has 0 radical (unpaired) electrons. The summed E-state index contributed by atoms with van der Waals surface area (Å²) in [5.74, 6) is 8.84. The quantitative estimate of drug-likeness (QED) is 0.309. The Morgan fingerprint density at radius 2 is 1.50 bits per heavy atom. The van der Waals surface area contributed by atoms with Gasteiger partial charge in [0, 0.05) is 12.0 Å². The monoisotopic (exact) mass is 378 g/mol. The van der Waals surface area contributed by atoms with Gasteiger partial charge in [0.1, 0.15) is 18.1 Å². The van der Waals surface area contributed by atoms with Crippen molar-refractivity contribution < 1.29 is 9.47 Å². The molecule has 0 aliphatic rings. The van der Waals surface area contributed by atoms with Crippen LogP contribution in [0.4, 0.5) is 0 Å². The molecule has 1 unspecified atom stereocenters. The zero-order valence-electron chi connectivity index (χ0n) is 17.7. The lowest BCUT2D eigenvalue weighted by Crippen LogP contribution is -2.07. The fourth-order valence-electron chi connectivity index (χ4n) is 2.64. The van der Waals surface area contributed by atoms with Gasteiger partial charge >= 0.3 is 0 Å². The number of unbranched alkanes of at least 4 members (excludes halogenated alkanes) is 4. The largest absolute Gasteiger partial charge is 0.493 e. The Balaban J connectivity index is 1.74. The van der Waals surface area contributed by atoms with E-state index in [1.807, 2.05) is 24.3 Å². The molecule has 0 spiro atoms. The van der Waals surface area contributed by atoms with Crippen LogP contribution in [0.2, 0.25) is 0 Å². The van der Waals surface area contributed by atoms with E-state index in [-0.39, 0.29) is 0 Å². The fourth-order valence-corrected chi connectivity index (χ4v) is 2.64. The second-order valence-corrected chi connectivity index (χ2v) is 7.39. The molecule has 2 aromatic rings. The highest BCUT2D eigenvalue weighted by Gasteiger charge is 2.01. The molecule has 0 heterocycles. The van der Waals surface area contributed by atoms with E-state index in [0.29, 0.717) is 12.5 Å². The van der Waals surface area contributed by atoms with Crippen LogP contribution in [0.5, 0.6) is 11.5 Å². The molecule has 150 valence electrons. The van der Waals surface area contributed by atoms with E-state index < -0.39 is 0 Å². The summed E-state index contributed by atoms with van der Waals surface area (Å²) in [6, 6.07) is 16.2. The highest BCUT2D eigenvalue weighted by atomic mass is 16.5. The van der Waals surface area contributed by atoms with Crippen LogP contribution in [0.1, 0.15) is 70.4 Å². The maximum atomic E-state index is 5.88. The Morgan fingerprint density at radius 3 is 2.14 bits per heavy atom. The van der Waals surface area contributed by atoms with Gasteiger partial charge in [-0.2, -0.15) is 0 Å². The summed E-state index contributed by atoms with van der Waals surface area (Å²) in [6.45, 7) is 7.92. The molecule has 0 bridgehead atoms. The first-order valence-corrected chi connectivity index (χ1v) is 10.6. The van der Waals surface area contributed by atoms with Crippen LogP contribution >= 0.6 is 0 Å². The Labute approximate surface area is 171 Å². The zero-order chi connectivity index (χ0) is 20.0. The van der Waals surface area contributed by atoms with Crippen molar-refractivity contribution in [2.75, 3.05) is 6.61 Å². The van der Waals surface area contributed by atoms with E-state index in [1.54, 1.807) is 0 Å². The van der Waals surface area contributed by atoms with E-state index in [0.717, 1.165) is 42.1 Å². The van der Waals surface area contributed by atoms with E-state index in [2.05, 4.69) is 56.9 Å². The number of ether oxygens (including phenoxy) is 2. The van der Waals surface area contributed by atoms with Crippen molar-refractivity contribution in [3.63, 3.8) is 0 Å². The summed E-state index contributed by atoms with van der Waals surface area (Å²) in [5, 5.41) is 0. The summed E-state index contributed by atoms with van der Waals surface area (Å²) in [5.41, 5.74) is 2.22. The van der Waals surface area contributed by atoms with Gasteiger partial charge in [0.25, 0.3) is 0 Å². The smallest absolute Gasteiger partial charge is 0.120 e. The van der Waals surface area contributed by atoms with Gasteiger partial charge < -0.3 is 9.47 Å². The van der Waals surface area contributed by atoms with Gasteiger partial charge in [-0.3, -0.25) is 0 Å². The molecule has 0 fully saturated rings. The van der Waals surface area contributed by atoms with E-state index in [9.17, 15) is 0 Å². The third-order valence-corrected chi connectivity index (χ3v) is 4.80. The lowest BCUT2D eigenvalue weighted by atomic mass is 10.1. The van der Waals surface area contributed by atoms with Gasteiger partial charge in [-0.05, 0) is 54.3 Å². The van der Waals surface area contributed by atoms with Crippen LogP contribution in [0.3, 0.4) is 0 Å². The average molecular weight is 379 g/mol. The maximum Gasteiger partial charge on any atom is 0.120 e. The Bertz CT molecular complexity index is 720. The first-order valence-electron chi connectivity index (χ1n) is 10.6. The van der Waals surface area contributed by atoms with Gasteiger partial charge in [0.15, 0.2) is 0 Å². The molecule has 28 heavy (non-hydrogen) atoms. The van der Waals surface area contributed by atoms with Crippen molar-refractivity contribution in [2.45, 2.75) is 65.9 Å². The van der Waals surface area contributed by atoms with Crippen molar-refractivity contribution in [1.29, 1.82) is 0 Å². The SMILES string of the molecule is CCCCCCC#Cc1ccc(COc2ccc(OCC(C)CC)cc2)cc1. The molecule has 0 N–H and O–H groups in total. The van der Waals surface area contributed by atoms with Crippen LogP contribution in [-0.2, 0) is 6.61 Å². The van der Waals surface area contributed by atoms with E-state index >= 15 is 0 Å². The van der Waals surface area contributed by atoms with Crippen LogP contribution in [-0.4, -0.2) is 6.61 Å². The van der Waals surface area contributed by atoms with Crippen molar-refractivity contribution in [1.82, 2.24) is 0 Å². The van der Waals surface area contributed by atoms with Gasteiger partial charge in [-0.1, -0.05) is 70.4 Å². The second-order valence-electron chi connectivity index (χ2n) is 7.39. The first-order chi connectivity index (χ1) is 13.7. The lowest BCUT2D eigenvalue weighted by molar-refractivity contribution is 0.255. The van der Waals surface area contributed by atoms with E-state index in [1.165, 1.54) is 25.7 Å². The predicted octanol–water partition coefficient (Wildman–Crippen LogP) is 7.01. The Hall–Kier alpha value is -2.40. The van der Waals surface area contributed by atoms with Crippen LogP contribution in [0.25, 0.3) is 0 Å². The summed E-state index contributed by atoms with van der Waals surface area (Å²) in [4.78, 5) is 0. The van der Waals surface area contributed by atoms with Crippen molar-refractivity contribution in [3.05, 3.63) is 59.7 Å². The Kier molecular flexibility index (Phi) is 10.1. The van der Waals surface area contributed by atoms with Crippen LogP contribution in [0, 0.1) is 17.8 Å². The molecule has 0 saturated carbocycles. The minimum absolute atomic E-state index is 0.553. The van der Waals surface area contributed by atoms with E-state index in [4.69, 9.17) is 9.47 Å². The Morgan fingerprint density at radius 1 is 0.821 bits per heavy atom. The molecule has 0 amide bonds. The number of hydrogen-bond acceptors (Lipinski definition) is 2. The van der Waals surface area contributed by atoms with Crippen molar-refractivity contribution in [2.24, 2.45) is 5.92 Å². The minimum atomic E-state index is 0.553. The second kappa shape index (κ2) is 12.9. The summed E-state index contributed by atoms with van der Waals surface area (Å²) < 4.78 is 11.7. The van der Waals surface area contributed by atoms with Gasteiger partial charge in [-0.25, -0.2) is 0 Å². The molecule has 2 nitrogen and oxygen atoms in total. The summed E-state index contributed by atoms with van der Waals surface area (Å²) in [6.07, 6.45) is 7.18. The molecule has 0 aromatic heterocycles. The zero-order valence-corrected chi connectivity index (χ0v) is 17.7. The van der Waals surface area contributed by atoms with Crippen molar-refractivity contribution >= 4 is 0 Å². The van der Waals surface area contributed by atoms with Gasteiger partial charge in [-0.15, -0.1) is 0 Å². The number of hydrogen-bond donors (Lipinski definition) is 0. The third kappa shape index (κ3) is 8.53. The summed E-state index contributed by atoms with van der Waals surface area (Å²) in [7, 11) is 0. The molecule has 0 aliphatic heterocycles. The molecule has 0 aliphatic carbocycles. The highest BCUT2D eigenvalue weighted by Crippen LogP contribution is 2.19. The molecule has 2 rings (SSSR count). The third-order valence-electron chi connectivity index (χ3n) is 4.80. The topological polar surface area (TPSA) is 18.5 Å². The molecular weight excluding hydrogens is 344 g/mol. The lowest BCUT2D eigenvalue weighted by Gasteiger charge is -2.11. The number of benzene rings is 2. The van der Waals surface area contributed by atoms with Crippen LogP contribution < -0.4 is 9.47 Å². The average Bonchev–Trinajstić information content (AvgIpc) is 2.74. The van der Waals surface area contributed by atoms with Crippen LogP contribution in [0.15, 0.2) is 48.5 Å². The molecule has 2 heteroatoms. The molecule has 0 saturated heterocycles. The fraction of sp³-hybridized carbons (Fsp3) is 0.462. The molecular formula is C26H34O2. The van der Waals surface area contributed by atoms with Gasteiger partial charge in [0.2, 0.25) is 0 Å². The molecule has 2 aromatic carbocycles. The first kappa shape index (κ1) is 21.9. The normalized spacial score (nSPS) is 11.4. The minimum Gasteiger partial charge on any atom is -0.493 e. The van der Waals surface area contributed by atoms with Crippen molar-refractivity contribution in [3.8, 4) is 23.3 Å². The number of rotatable bonds is 11. The molecule has 1 atom stereocenters. The predicted molar refractivity (Wildman–Crippen MR) is 118 cm³/mol. The standard InChI is InChI=1S/C26H34O2/c1-4-6-7-8-9-10-11-23-12-14-24(15-13-23)21-28-26-18-16-25(17-19-26)27-20-22(3)5-2/h12-19,22H,4-9,20-21H2,1-3H3. The maximum absolute atomic E-state index is 5.88.